The summed E-state index contributed by atoms with van der Waals surface area (Å²) >= 11 is 0. The normalized spacial score (nSPS) is 13.1. The quantitative estimate of drug-likeness (QED) is 0.329. The second-order valence-electron chi connectivity index (χ2n) is 8.78. The van der Waals surface area contributed by atoms with Crippen molar-refractivity contribution in [3.63, 3.8) is 0 Å². The number of hydrogen-bond donors (Lipinski definition) is 3. The number of hydrogen-bond acceptors (Lipinski definition) is 3. The van der Waals surface area contributed by atoms with Gasteiger partial charge >= 0.3 is 0 Å². The second kappa shape index (κ2) is 13.8. The van der Waals surface area contributed by atoms with Crippen LogP contribution in [0.25, 0.3) is 0 Å². The Labute approximate surface area is 194 Å². The number of aryl methyl sites for hydroxylation is 2. The Morgan fingerprint density at radius 3 is 1.75 bits per heavy atom. The molecule has 3 heteroatoms. The molecule has 0 saturated heterocycles. The number of benzene rings is 3. The molecule has 0 aliphatic rings. The third-order valence-corrected chi connectivity index (χ3v) is 5.95. The van der Waals surface area contributed by atoms with Crippen LogP contribution in [0.15, 0.2) is 84.9 Å². The van der Waals surface area contributed by atoms with E-state index < -0.39 is 0 Å². The van der Waals surface area contributed by atoms with E-state index in [4.69, 9.17) is 0 Å². The summed E-state index contributed by atoms with van der Waals surface area (Å²) < 4.78 is 0. The van der Waals surface area contributed by atoms with E-state index in [9.17, 15) is 0 Å². The number of nitrogens with one attached hydrogen (secondary N) is 3. The Hall–Kier alpha value is -2.46. The molecule has 2 atom stereocenters. The third-order valence-electron chi connectivity index (χ3n) is 5.95. The van der Waals surface area contributed by atoms with Crippen molar-refractivity contribution in [1.29, 1.82) is 0 Å². The first-order chi connectivity index (χ1) is 15.7. The van der Waals surface area contributed by atoms with Crippen molar-refractivity contribution in [2.24, 2.45) is 0 Å². The first kappa shape index (κ1) is 24.2. The molecule has 0 spiro atoms. The lowest BCUT2D eigenvalue weighted by molar-refractivity contribution is 0.415. The molecular weight excluding hydrogens is 390 g/mol. The Morgan fingerprint density at radius 1 is 0.625 bits per heavy atom. The lowest BCUT2D eigenvalue weighted by Crippen LogP contribution is -2.47. The zero-order chi connectivity index (χ0) is 22.4. The Morgan fingerprint density at radius 2 is 1.19 bits per heavy atom. The molecule has 32 heavy (non-hydrogen) atoms. The van der Waals surface area contributed by atoms with E-state index in [1.165, 1.54) is 22.3 Å². The molecule has 0 bridgehead atoms. The summed E-state index contributed by atoms with van der Waals surface area (Å²) in [5.41, 5.74) is 5.52. The van der Waals surface area contributed by atoms with Crippen molar-refractivity contribution in [2.45, 2.75) is 44.7 Å². The Kier molecular flexibility index (Phi) is 10.5. The summed E-state index contributed by atoms with van der Waals surface area (Å²) in [6, 6.07) is 31.3. The van der Waals surface area contributed by atoms with Crippen LogP contribution in [-0.4, -0.2) is 38.8 Å². The highest BCUT2D eigenvalue weighted by atomic mass is 15.0. The molecule has 0 fully saturated rings. The molecule has 0 amide bonds. The van der Waals surface area contributed by atoms with Gasteiger partial charge in [0.1, 0.15) is 0 Å². The van der Waals surface area contributed by atoms with Gasteiger partial charge in [-0.25, -0.2) is 0 Å². The van der Waals surface area contributed by atoms with Crippen molar-refractivity contribution >= 4 is 0 Å². The predicted molar refractivity (Wildman–Crippen MR) is 137 cm³/mol. The molecule has 0 unspecified atom stereocenters. The van der Waals surface area contributed by atoms with Crippen LogP contribution in [0.3, 0.4) is 0 Å². The van der Waals surface area contributed by atoms with Crippen molar-refractivity contribution in [2.75, 3.05) is 26.7 Å². The molecule has 3 rings (SSSR count). The van der Waals surface area contributed by atoms with E-state index in [-0.39, 0.29) is 0 Å². The maximum absolute atomic E-state index is 3.83. The zero-order valence-electron chi connectivity index (χ0n) is 19.7. The van der Waals surface area contributed by atoms with Crippen LogP contribution in [-0.2, 0) is 19.3 Å². The van der Waals surface area contributed by atoms with Gasteiger partial charge in [0, 0.05) is 25.2 Å². The van der Waals surface area contributed by atoms with E-state index in [0.29, 0.717) is 12.1 Å². The molecule has 0 aromatic heterocycles. The molecule has 0 aliphatic heterocycles. The van der Waals surface area contributed by atoms with Crippen LogP contribution in [0, 0.1) is 6.92 Å². The van der Waals surface area contributed by atoms with Crippen LogP contribution in [0.2, 0.25) is 0 Å². The molecule has 3 aromatic carbocycles. The first-order valence-corrected chi connectivity index (χ1v) is 12.0. The van der Waals surface area contributed by atoms with Gasteiger partial charge < -0.3 is 16.0 Å². The highest BCUT2D eigenvalue weighted by molar-refractivity contribution is 5.21. The summed E-state index contributed by atoms with van der Waals surface area (Å²) in [6.45, 7) is 5.09. The fourth-order valence-corrected chi connectivity index (χ4v) is 4.14. The van der Waals surface area contributed by atoms with Gasteiger partial charge in [0.2, 0.25) is 0 Å². The van der Waals surface area contributed by atoms with Crippen molar-refractivity contribution in [1.82, 2.24) is 16.0 Å². The summed E-state index contributed by atoms with van der Waals surface area (Å²) in [5.74, 6) is 0. The number of likely N-dealkylation sites (N-methyl/N-ethyl adjacent to an activating group) is 1. The monoisotopic (exact) mass is 429 g/mol. The average molecular weight is 430 g/mol. The second-order valence-corrected chi connectivity index (χ2v) is 8.78. The van der Waals surface area contributed by atoms with Gasteiger partial charge in [0.05, 0.1) is 0 Å². The van der Waals surface area contributed by atoms with Crippen molar-refractivity contribution in [3.8, 4) is 0 Å². The maximum atomic E-state index is 3.83. The fourth-order valence-electron chi connectivity index (χ4n) is 4.14. The van der Waals surface area contributed by atoms with Gasteiger partial charge in [0.15, 0.2) is 0 Å². The summed E-state index contributed by atoms with van der Waals surface area (Å²) in [7, 11) is 2.03. The van der Waals surface area contributed by atoms with Gasteiger partial charge in [0.25, 0.3) is 0 Å². The van der Waals surface area contributed by atoms with Crippen molar-refractivity contribution in [3.05, 3.63) is 107 Å². The van der Waals surface area contributed by atoms with Crippen LogP contribution < -0.4 is 16.0 Å². The Balaban J connectivity index is 1.52. The molecule has 0 aliphatic carbocycles. The van der Waals surface area contributed by atoms with Crippen LogP contribution in [0.1, 0.15) is 28.7 Å². The maximum Gasteiger partial charge on any atom is 0.0233 e. The highest BCUT2D eigenvalue weighted by Crippen LogP contribution is 2.08. The first-order valence-electron chi connectivity index (χ1n) is 12.0. The molecule has 3 nitrogen and oxygen atoms in total. The van der Waals surface area contributed by atoms with Gasteiger partial charge in [-0.2, -0.15) is 0 Å². The standard InChI is InChI=1S/C29H39N3/c1-24-15-17-25(18-16-24)14-9-19-31-29(21-27-12-7-4-8-13-27)23-32-28(22-30-2)20-26-10-5-3-6-11-26/h3-8,10-13,15-18,28-32H,9,14,19-23H2,1-2H3/t28-,29-/m0/s1. The average Bonchev–Trinajstić information content (AvgIpc) is 2.82. The molecule has 0 radical (unpaired) electrons. The Bertz CT molecular complexity index is 862. The van der Waals surface area contributed by atoms with Gasteiger partial charge in [-0.3, -0.25) is 0 Å². The minimum atomic E-state index is 0.408. The molecule has 170 valence electrons. The van der Waals surface area contributed by atoms with Gasteiger partial charge in [-0.05, 0) is 62.9 Å². The largest absolute Gasteiger partial charge is 0.318 e. The van der Waals surface area contributed by atoms with E-state index in [2.05, 4.69) is 108 Å². The van der Waals surface area contributed by atoms with Gasteiger partial charge in [-0.1, -0.05) is 90.5 Å². The molecular formula is C29H39N3. The van der Waals surface area contributed by atoms with E-state index in [0.717, 1.165) is 45.3 Å². The summed E-state index contributed by atoms with van der Waals surface area (Å²) in [5, 5.41) is 11.0. The lowest BCUT2D eigenvalue weighted by Gasteiger charge is -2.24. The lowest BCUT2D eigenvalue weighted by atomic mass is 10.0. The van der Waals surface area contributed by atoms with E-state index in [1.54, 1.807) is 0 Å². The van der Waals surface area contributed by atoms with Crippen LogP contribution in [0.4, 0.5) is 0 Å². The molecule has 3 aromatic rings. The minimum Gasteiger partial charge on any atom is -0.318 e. The molecule has 0 saturated carbocycles. The predicted octanol–water partition coefficient (Wildman–Crippen LogP) is 4.55. The highest BCUT2D eigenvalue weighted by Gasteiger charge is 2.14. The summed E-state index contributed by atoms with van der Waals surface area (Å²) in [6.07, 6.45) is 4.34. The topological polar surface area (TPSA) is 36.1 Å². The van der Waals surface area contributed by atoms with E-state index in [1.807, 2.05) is 7.05 Å². The fraction of sp³-hybridized carbons (Fsp3) is 0.379. The van der Waals surface area contributed by atoms with Crippen molar-refractivity contribution < 1.29 is 0 Å². The van der Waals surface area contributed by atoms with Crippen LogP contribution >= 0.6 is 0 Å². The smallest absolute Gasteiger partial charge is 0.0233 e. The summed E-state index contributed by atoms with van der Waals surface area (Å²) in [4.78, 5) is 0. The molecule has 3 N–H and O–H groups in total. The minimum absolute atomic E-state index is 0.408. The van der Waals surface area contributed by atoms with Gasteiger partial charge in [-0.15, -0.1) is 0 Å². The van der Waals surface area contributed by atoms with E-state index >= 15 is 0 Å². The number of rotatable bonds is 14. The van der Waals surface area contributed by atoms with Crippen LogP contribution in [0.5, 0.6) is 0 Å². The third kappa shape index (κ3) is 8.96. The molecule has 0 heterocycles. The SMILES string of the molecule is CNC[C@H](Cc1ccccc1)NC[C@H](Cc1ccccc1)NCCCc1ccc(C)cc1. The zero-order valence-corrected chi connectivity index (χ0v) is 19.7.